The fourth-order valence-corrected chi connectivity index (χ4v) is 2.14. The summed E-state index contributed by atoms with van der Waals surface area (Å²) in [4.78, 5) is 11.6. The number of hydrogen-bond acceptors (Lipinski definition) is 2. The van der Waals surface area contributed by atoms with Gasteiger partial charge in [-0.1, -0.05) is 41.9 Å². The van der Waals surface area contributed by atoms with E-state index in [1.807, 2.05) is 38.1 Å². The van der Waals surface area contributed by atoms with E-state index in [1.165, 1.54) is 0 Å². The van der Waals surface area contributed by atoms with Crippen LogP contribution in [0.5, 0.6) is 5.75 Å². The molecular formula is C18H17ClO3. The molecule has 22 heavy (non-hydrogen) atoms. The van der Waals surface area contributed by atoms with E-state index in [9.17, 15) is 9.90 Å². The molecule has 3 nitrogen and oxygen atoms in total. The molecule has 0 spiro atoms. The summed E-state index contributed by atoms with van der Waals surface area (Å²) < 4.78 is 5.72. The van der Waals surface area contributed by atoms with Crippen LogP contribution in [0.4, 0.5) is 0 Å². The van der Waals surface area contributed by atoms with Gasteiger partial charge in [-0.15, -0.1) is 0 Å². The lowest BCUT2D eigenvalue weighted by atomic mass is 10.0. The number of aliphatic carboxylic acids is 1. The van der Waals surface area contributed by atoms with Gasteiger partial charge in [-0.25, -0.2) is 4.79 Å². The van der Waals surface area contributed by atoms with Crippen LogP contribution in [-0.4, -0.2) is 17.2 Å². The Morgan fingerprint density at radius 1 is 1.14 bits per heavy atom. The predicted octanol–water partition coefficient (Wildman–Crippen LogP) is 4.75. The fourth-order valence-electron chi connectivity index (χ4n) is 2.01. The molecule has 0 aliphatic rings. The van der Waals surface area contributed by atoms with Crippen LogP contribution in [0.2, 0.25) is 5.02 Å². The number of hydrogen-bond donors (Lipinski definition) is 1. The van der Waals surface area contributed by atoms with Crippen molar-refractivity contribution in [2.24, 2.45) is 0 Å². The number of para-hydroxylation sites is 1. The predicted molar refractivity (Wildman–Crippen MR) is 89.2 cm³/mol. The van der Waals surface area contributed by atoms with Crippen LogP contribution in [0.3, 0.4) is 0 Å². The summed E-state index contributed by atoms with van der Waals surface area (Å²) >= 11 is 5.85. The molecule has 2 rings (SSSR count). The zero-order valence-electron chi connectivity index (χ0n) is 12.4. The normalized spacial score (nSPS) is 11.5. The van der Waals surface area contributed by atoms with Gasteiger partial charge in [0, 0.05) is 10.6 Å². The molecule has 0 bridgehead atoms. The van der Waals surface area contributed by atoms with Gasteiger partial charge in [0.15, 0.2) is 0 Å². The van der Waals surface area contributed by atoms with E-state index in [4.69, 9.17) is 16.3 Å². The van der Waals surface area contributed by atoms with Crippen molar-refractivity contribution in [2.45, 2.75) is 20.0 Å². The maximum absolute atomic E-state index is 11.6. The third-order valence-electron chi connectivity index (χ3n) is 2.97. The van der Waals surface area contributed by atoms with Crippen LogP contribution in [-0.2, 0) is 4.79 Å². The summed E-state index contributed by atoms with van der Waals surface area (Å²) in [7, 11) is 0. The van der Waals surface area contributed by atoms with Gasteiger partial charge in [-0.05, 0) is 43.7 Å². The maximum atomic E-state index is 11.6. The average molecular weight is 317 g/mol. The van der Waals surface area contributed by atoms with Crippen LogP contribution in [0, 0.1) is 0 Å². The zero-order valence-corrected chi connectivity index (χ0v) is 13.2. The van der Waals surface area contributed by atoms with Gasteiger partial charge >= 0.3 is 5.97 Å². The Morgan fingerprint density at radius 3 is 2.36 bits per heavy atom. The molecule has 0 aliphatic heterocycles. The Bertz CT molecular complexity index is 688. The first-order chi connectivity index (χ1) is 10.5. The Labute approximate surface area is 134 Å². The molecule has 0 aliphatic carbocycles. The summed E-state index contributed by atoms with van der Waals surface area (Å²) in [5.41, 5.74) is 1.51. The van der Waals surface area contributed by atoms with Gasteiger partial charge in [0.05, 0.1) is 11.7 Å². The highest BCUT2D eigenvalue weighted by molar-refractivity contribution is 6.30. The van der Waals surface area contributed by atoms with Gasteiger partial charge in [0.25, 0.3) is 0 Å². The van der Waals surface area contributed by atoms with Crippen LogP contribution in [0.25, 0.3) is 11.6 Å². The molecule has 2 aromatic carbocycles. The van der Waals surface area contributed by atoms with Gasteiger partial charge < -0.3 is 9.84 Å². The molecular weight excluding hydrogens is 300 g/mol. The standard InChI is InChI=1S/C18H17ClO3/c1-12(2)22-17-6-4-3-5-14(17)11-16(18(20)21)13-7-9-15(19)10-8-13/h3-12H,1-2H3,(H,20,21)/b16-11-. The molecule has 0 saturated heterocycles. The summed E-state index contributed by atoms with van der Waals surface area (Å²) in [6.07, 6.45) is 1.63. The topological polar surface area (TPSA) is 46.5 Å². The van der Waals surface area contributed by atoms with Crippen LogP contribution >= 0.6 is 11.6 Å². The van der Waals surface area contributed by atoms with Crippen molar-refractivity contribution < 1.29 is 14.6 Å². The Kier molecular flexibility index (Phi) is 5.23. The molecule has 2 aromatic rings. The first kappa shape index (κ1) is 16.1. The minimum absolute atomic E-state index is 0.0124. The largest absolute Gasteiger partial charge is 0.490 e. The third kappa shape index (κ3) is 4.12. The molecule has 0 unspecified atom stereocenters. The quantitative estimate of drug-likeness (QED) is 0.639. The Balaban J connectivity index is 2.47. The highest BCUT2D eigenvalue weighted by Crippen LogP contribution is 2.26. The number of rotatable bonds is 5. The number of carboxylic acids is 1. The molecule has 0 saturated carbocycles. The van der Waals surface area contributed by atoms with E-state index in [0.29, 0.717) is 16.3 Å². The van der Waals surface area contributed by atoms with Gasteiger partial charge in [0.1, 0.15) is 5.75 Å². The molecule has 114 valence electrons. The minimum Gasteiger partial charge on any atom is -0.490 e. The van der Waals surface area contributed by atoms with Gasteiger partial charge in [-0.2, -0.15) is 0 Å². The van der Waals surface area contributed by atoms with Gasteiger partial charge in [0.2, 0.25) is 0 Å². The van der Waals surface area contributed by atoms with Crippen molar-refractivity contribution in [3.05, 3.63) is 64.7 Å². The zero-order chi connectivity index (χ0) is 16.1. The van der Waals surface area contributed by atoms with Crippen molar-refractivity contribution in [3.8, 4) is 5.75 Å². The molecule has 0 amide bonds. The van der Waals surface area contributed by atoms with Crippen molar-refractivity contribution >= 4 is 29.2 Å². The average Bonchev–Trinajstić information content (AvgIpc) is 2.46. The number of carboxylic acid groups (broad SMARTS) is 1. The van der Waals surface area contributed by atoms with Crippen molar-refractivity contribution in [1.29, 1.82) is 0 Å². The van der Waals surface area contributed by atoms with Crippen LogP contribution in [0.15, 0.2) is 48.5 Å². The molecule has 0 heterocycles. The number of ether oxygens (including phenoxy) is 1. The van der Waals surface area contributed by atoms with E-state index in [0.717, 1.165) is 5.56 Å². The van der Waals surface area contributed by atoms with E-state index in [1.54, 1.807) is 30.3 Å². The lowest BCUT2D eigenvalue weighted by Crippen LogP contribution is -2.07. The number of benzene rings is 2. The maximum Gasteiger partial charge on any atom is 0.336 e. The second-order valence-corrected chi connectivity index (χ2v) is 5.51. The number of halogens is 1. The minimum atomic E-state index is -0.998. The third-order valence-corrected chi connectivity index (χ3v) is 3.22. The molecule has 0 radical (unpaired) electrons. The lowest BCUT2D eigenvalue weighted by molar-refractivity contribution is -0.130. The Hall–Kier alpha value is -2.26. The van der Waals surface area contributed by atoms with Gasteiger partial charge in [-0.3, -0.25) is 0 Å². The van der Waals surface area contributed by atoms with E-state index in [-0.39, 0.29) is 11.7 Å². The first-order valence-electron chi connectivity index (χ1n) is 6.94. The molecule has 0 aromatic heterocycles. The molecule has 1 N–H and O–H groups in total. The highest BCUT2D eigenvalue weighted by atomic mass is 35.5. The summed E-state index contributed by atoms with van der Waals surface area (Å²) in [6.45, 7) is 3.86. The van der Waals surface area contributed by atoms with Crippen LogP contribution < -0.4 is 4.74 Å². The molecule has 0 fully saturated rings. The highest BCUT2D eigenvalue weighted by Gasteiger charge is 2.12. The smallest absolute Gasteiger partial charge is 0.336 e. The van der Waals surface area contributed by atoms with E-state index < -0.39 is 5.97 Å². The summed E-state index contributed by atoms with van der Waals surface area (Å²) in [5.74, 6) is -0.341. The lowest BCUT2D eigenvalue weighted by Gasteiger charge is -2.13. The first-order valence-corrected chi connectivity index (χ1v) is 7.32. The van der Waals surface area contributed by atoms with Crippen molar-refractivity contribution in [1.82, 2.24) is 0 Å². The monoisotopic (exact) mass is 316 g/mol. The van der Waals surface area contributed by atoms with Crippen molar-refractivity contribution in [2.75, 3.05) is 0 Å². The fraction of sp³-hybridized carbons (Fsp3) is 0.167. The van der Waals surface area contributed by atoms with Crippen molar-refractivity contribution in [3.63, 3.8) is 0 Å². The molecule has 4 heteroatoms. The SMILES string of the molecule is CC(C)Oc1ccccc1/C=C(\C(=O)O)c1ccc(Cl)cc1. The summed E-state index contributed by atoms with van der Waals surface area (Å²) in [6, 6.07) is 14.1. The van der Waals surface area contributed by atoms with E-state index in [2.05, 4.69) is 0 Å². The summed E-state index contributed by atoms with van der Waals surface area (Å²) in [5, 5.41) is 10.1. The Morgan fingerprint density at radius 2 is 1.77 bits per heavy atom. The van der Waals surface area contributed by atoms with E-state index >= 15 is 0 Å². The second-order valence-electron chi connectivity index (χ2n) is 5.07. The second kappa shape index (κ2) is 7.14. The number of carbonyl (C=O) groups is 1. The van der Waals surface area contributed by atoms with Crippen LogP contribution in [0.1, 0.15) is 25.0 Å². The molecule has 0 atom stereocenters.